The Morgan fingerprint density at radius 2 is 2.38 bits per heavy atom. The van der Waals surface area contributed by atoms with Gasteiger partial charge in [-0.2, -0.15) is 0 Å². The van der Waals surface area contributed by atoms with Gasteiger partial charge in [0.25, 0.3) is 0 Å². The molecule has 0 aliphatic heterocycles. The summed E-state index contributed by atoms with van der Waals surface area (Å²) in [7, 11) is 0. The van der Waals surface area contributed by atoms with Crippen LogP contribution in [-0.2, 0) is 6.42 Å². The van der Waals surface area contributed by atoms with Crippen LogP contribution in [-0.4, -0.2) is 4.98 Å². The van der Waals surface area contributed by atoms with Crippen LogP contribution in [0.2, 0.25) is 0 Å². The maximum Gasteiger partial charge on any atom is 0.181 e. The van der Waals surface area contributed by atoms with Crippen molar-refractivity contribution in [2.75, 3.05) is 0 Å². The Morgan fingerprint density at radius 3 is 2.92 bits per heavy atom. The average molecular weight is 180 g/mol. The molecule has 0 aromatic carbocycles. The van der Waals surface area contributed by atoms with Crippen LogP contribution in [0.15, 0.2) is 10.8 Å². The van der Waals surface area contributed by atoms with Crippen LogP contribution in [0.25, 0.3) is 0 Å². The predicted octanol–water partition coefficient (Wildman–Crippen LogP) is 1.89. The Hall–Kier alpha value is -0.830. The summed E-state index contributed by atoms with van der Waals surface area (Å²) in [5.41, 5.74) is 7.22. The summed E-state index contributed by atoms with van der Waals surface area (Å²) in [5.74, 6) is 1.52. The van der Waals surface area contributed by atoms with Gasteiger partial charge >= 0.3 is 0 Å². The van der Waals surface area contributed by atoms with Gasteiger partial charge in [-0.3, -0.25) is 0 Å². The fourth-order valence-electron chi connectivity index (χ4n) is 2.00. The largest absolute Gasteiger partial charge is 0.448 e. The number of fused-ring (bicyclic) bond motifs is 1. The topological polar surface area (TPSA) is 52.0 Å². The number of nitrogens with two attached hydrogens (primary N) is 1. The fourth-order valence-corrected chi connectivity index (χ4v) is 2.00. The molecule has 0 saturated heterocycles. The zero-order chi connectivity index (χ0) is 9.64. The van der Waals surface area contributed by atoms with E-state index >= 15 is 0 Å². The molecule has 0 bridgehead atoms. The lowest BCUT2D eigenvalue weighted by atomic mass is 9.74. The predicted molar refractivity (Wildman–Crippen MR) is 50.1 cm³/mol. The van der Waals surface area contributed by atoms with Gasteiger partial charge in [0.15, 0.2) is 6.39 Å². The molecule has 0 fully saturated rings. The molecule has 72 valence electrons. The van der Waals surface area contributed by atoms with E-state index in [9.17, 15) is 0 Å². The van der Waals surface area contributed by atoms with Crippen LogP contribution >= 0.6 is 0 Å². The number of aromatic nitrogens is 1. The number of hydrogen-bond acceptors (Lipinski definition) is 3. The molecule has 0 radical (unpaired) electrons. The van der Waals surface area contributed by atoms with E-state index in [-0.39, 0.29) is 11.5 Å². The Bertz CT molecular complexity index is 318. The normalized spacial score (nSPS) is 32.5. The highest BCUT2D eigenvalue weighted by molar-refractivity contribution is 5.24. The van der Waals surface area contributed by atoms with Gasteiger partial charge in [-0.05, 0) is 11.3 Å². The Balaban J connectivity index is 2.38. The van der Waals surface area contributed by atoms with Crippen molar-refractivity contribution in [2.24, 2.45) is 17.1 Å². The lowest BCUT2D eigenvalue weighted by Crippen LogP contribution is -2.33. The first-order valence-electron chi connectivity index (χ1n) is 4.73. The highest BCUT2D eigenvalue weighted by atomic mass is 16.3. The van der Waals surface area contributed by atoms with Gasteiger partial charge in [-0.15, -0.1) is 0 Å². The fraction of sp³-hybridized carbons (Fsp3) is 0.700. The molecule has 1 aromatic rings. The zero-order valence-corrected chi connectivity index (χ0v) is 8.37. The first-order valence-corrected chi connectivity index (χ1v) is 4.73. The average Bonchev–Trinajstić information content (AvgIpc) is 2.57. The summed E-state index contributed by atoms with van der Waals surface area (Å²) in [6.45, 7) is 6.61. The van der Waals surface area contributed by atoms with Gasteiger partial charge in [0.05, 0.1) is 11.7 Å². The second-order valence-corrected chi connectivity index (χ2v) is 4.48. The third-order valence-electron chi connectivity index (χ3n) is 3.54. The van der Waals surface area contributed by atoms with E-state index in [1.165, 1.54) is 6.39 Å². The SMILES string of the molecule is CC(C)C1(C)Cc2ocnc2[C@H]1N. The summed E-state index contributed by atoms with van der Waals surface area (Å²) in [5, 5.41) is 0. The highest BCUT2D eigenvalue weighted by Gasteiger charge is 2.45. The summed E-state index contributed by atoms with van der Waals surface area (Å²) >= 11 is 0. The van der Waals surface area contributed by atoms with Crippen LogP contribution in [0.4, 0.5) is 0 Å². The monoisotopic (exact) mass is 180 g/mol. The minimum atomic E-state index is 0.0289. The smallest absolute Gasteiger partial charge is 0.181 e. The van der Waals surface area contributed by atoms with Gasteiger partial charge in [0.2, 0.25) is 0 Å². The van der Waals surface area contributed by atoms with Crippen molar-refractivity contribution in [3.05, 3.63) is 17.8 Å². The van der Waals surface area contributed by atoms with Gasteiger partial charge in [0, 0.05) is 6.42 Å². The number of oxazole rings is 1. The highest BCUT2D eigenvalue weighted by Crippen LogP contribution is 2.47. The van der Waals surface area contributed by atoms with Crippen molar-refractivity contribution in [3.8, 4) is 0 Å². The first kappa shape index (κ1) is 8.75. The van der Waals surface area contributed by atoms with Crippen LogP contribution in [0.1, 0.15) is 38.3 Å². The zero-order valence-electron chi connectivity index (χ0n) is 8.37. The lowest BCUT2D eigenvalue weighted by molar-refractivity contribution is 0.178. The van der Waals surface area contributed by atoms with Gasteiger partial charge in [-0.25, -0.2) is 4.98 Å². The van der Waals surface area contributed by atoms with Crippen LogP contribution in [0.3, 0.4) is 0 Å². The molecular weight excluding hydrogens is 164 g/mol. The van der Waals surface area contributed by atoms with E-state index in [1.807, 2.05) is 0 Å². The minimum absolute atomic E-state index is 0.0289. The van der Waals surface area contributed by atoms with Crippen molar-refractivity contribution in [3.63, 3.8) is 0 Å². The molecule has 1 unspecified atom stereocenters. The molecule has 2 N–H and O–H groups in total. The number of hydrogen-bond donors (Lipinski definition) is 1. The molecular formula is C10H16N2O. The van der Waals surface area contributed by atoms with Crippen molar-refractivity contribution < 1.29 is 4.42 Å². The second kappa shape index (κ2) is 2.58. The summed E-state index contributed by atoms with van der Waals surface area (Å²) in [6, 6.07) is 0.0289. The maximum absolute atomic E-state index is 6.15. The molecule has 0 spiro atoms. The van der Waals surface area contributed by atoms with E-state index in [4.69, 9.17) is 10.2 Å². The van der Waals surface area contributed by atoms with Crippen LogP contribution < -0.4 is 5.73 Å². The number of nitrogens with zero attached hydrogens (tertiary/aromatic N) is 1. The lowest BCUT2D eigenvalue weighted by Gasteiger charge is -2.32. The van der Waals surface area contributed by atoms with E-state index in [0.717, 1.165) is 17.9 Å². The van der Waals surface area contributed by atoms with Crippen molar-refractivity contribution in [1.82, 2.24) is 4.98 Å². The van der Waals surface area contributed by atoms with Gasteiger partial charge in [-0.1, -0.05) is 20.8 Å². The Morgan fingerprint density at radius 1 is 1.69 bits per heavy atom. The molecule has 3 nitrogen and oxygen atoms in total. The number of rotatable bonds is 1. The third kappa shape index (κ3) is 1.03. The second-order valence-electron chi connectivity index (χ2n) is 4.48. The molecule has 1 aliphatic carbocycles. The van der Waals surface area contributed by atoms with Crippen LogP contribution in [0, 0.1) is 11.3 Å². The standard InChI is InChI=1S/C10H16N2O/c1-6(2)10(3)4-7-8(9(10)11)12-5-13-7/h5-6,9H,4,11H2,1-3H3/t9-,10?/m1/s1. The third-order valence-corrected chi connectivity index (χ3v) is 3.54. The molecule has 0 saturated carbocycles. The van der Waals surface area contributed by atoms with E-state index in [2.05, 4.69) is 25.8 Å². The minimum Gasteiger partial charge on any atom is -0.448 e. The molecule has 1 heterocycles. The molecule has 2 rings (SSSR count). The van der Waals surface area contributed by atoms with E-state index < -0.39 is 0 Å². The van der Waals surface area contributed by atoms with E-state index in [0.29, 0.717) is 5.92 Å². The summed E-state index contributed by atoms with van der Waals surface area (Å²) in [6.07, 6.45) is 2.41. The van der Waals surface area contributed by atoms with E-state index in [1.54, 1.807) is 0 Å². The Kier molecular flexibility index (Phi) is 1.74. The van der Waals surface area contributed by atoms with Crippen molar-refractivity contribution in [2.45, 2.75) is 33.2 Å². The maximum atomic E-state index is 6.15. The molecule has 3 heteroatoms. The molecule has 0 amide bonds. The summed E-state index contributed by atoms with van der Waals surface area (Å²) < 4.78 is 5.30. The molecule has 1 aliphatic rings. The quantitative estimate of drug-likeness (QED) is 0.718. The van der Waals surface area contributed by atoms with Gasteiger partial charge in [0.1, 0.15) is 5.76 Å². The summed E-state index contributed by atoms with van der Waals surface area (Å²) in [4.78, 5) is 4.16. The first-order chi connectivity index (χ1) is 6.05. The van der Waals surface area contributed by atoms with Gasteiger partial charge < -0.3 is 10.2 Å². The van der Waals surface area contributed by atoms with Crippen molar-refractivity contribution >= 4 is 0 Å². The molecule has 2 atom stereocenters. The van der Waals surface area contributed by atoms with Crippen molar-refractivity contribution in [1.29, 1.82) is 0 Å². The molecule has 13 heavy (non-hydrogen) atoms. The Labute approximate surface area is 78.3 Å². The van der Waals surface area contributed by atoms with Crippen LogP contribution in [0.5, 0.6) is 0 Å². The molecule has 1 aromatic heterocycles.